The molecule has 1 saturated heterocycles. The Morgan fingerprint density at radius 3 is 2.64 bits per heavy atom. The smallest absolute Gasteiger partial charge is 0.154 e. The van der Waals surface area contributed by atoms with Crippen molar-refractivity contribution in [3.05, 3.63) is 76.4 Å². The minimum atomic E-state index is -0.386. The van der Waals surface area contributed by atoms with Gasteiger partial charge in [0.1, 0.15) is 10.8 Å². The topological polar surface area (TPSA) is 57.9 Å². The second kappa shape index (κ2) is 9.49. The fourth-order valence-electron chi connectivity index (χ4n) is 4.26. The van der Waals surface area contributed by atoms with Crippen molar-refractivity contribution in [1.82, 2.24) is 9.88 Å². The normalized spacial score (nSPS) is 17.9. The van der Waals surface area contributed by atoms with Gasteiger partial charge in [-0.1, -0.05) is 58.0 Å². The summed E-state index contributed by atoms with van der Waals surface area (Å²) in [7, 11) is 2.14. The summed E-state index contributed by atoms with van der Waals surface area (Å²) >= 11 is 5.03. The number of hydrogen-bond donors (Lipinski definition) is 0. The van der Waals surface area contributed by atoms with E-state index in [2.05, 4.69) is 51.1 Å². The van der Waals surface area contributed by atoms with Crippen LogP contribution in [-0.2, 0) is 11.2 Å². The molecular formula is C26H25BrN4OS. The van der Waals surface area contributed by atoms with Crippen molar-refractivity contribution in [3.8, 4) is 0 Å². The Balaban J connectivity index is 1.32. The molecule has 0 atom stereocenters. The van der Waals surface area contributed by atoms with Gasteiger partial charge in [-0.2, -0.15) is 0 Å². The first-order valence-electron chi connectivity index (χ1n) is 11.1. The van der Waals surface area contributed by atoms with Gasteiger partial charge in [0, 0.05) is 54.0 Å². The predicted molar refractivity (Wildman–Crippen MR) is 140 cm³/mol. The fraction of sp³-hybridized carbons (Fsp3) is 0.308. The third-order valence-electron chi connectivity index (χ3n) is 6.16. The first kappa shape index (κ1) is 22.4. The molecule has 168 valence electrons. The quantitative estimate of drug-likeness (QED) is 0.465. The van der Waals surface area contributed by atoms with Gasteiger partial charge in [-0.15, -0.1) is 0 Å². The van der Waals surface area contributed by atoms with Crippen LogP contribution in [0.3, 0.4) is 0 Å². The molecule has 3 aromatic rings. The highest BCUT2D eigenvalue weighted by Gasteiger charge is 2.39. The second-order valence-electron chi connectivity index (χ2n) is 8.71. The zero-order valence-corrected chi connectivity index (χ0v) is 20.9. The van der Waals surface area contributed by atoms with Crippen LogP contribution in [0.1, 0.15) is 24.0 Å². The highest BCUT2D eigenvalue weighted by Crippen LogP contribution is 2.35. The first-order chi connectivity index (χ1) is 16.0. The summed E-state index contributed by atoms with van der Waals surface area (Å²) in [6.07, 6.45) is 3.99. The number of pyridine rings is 1. The number of aliphatic imine (C=N–C) groups is 2. The largest absolute Gasteiger partial charge is 0.306 e. The molecule has 0 N–H and O–H groups in total. The average molecular weight is 521 g/mol. The number of ketones is 1. The molecule has 0 amide bonds. The zero-order valence-electron chi connectivity index (χ0n) is 18.5. The minimum absolute atomic E-state index is 0.166. The molecule has 0 saturated carbocycles. The van der Waals surface area contributed by atoms with Crippen molar-refractivity contribution < 1.29 is 4.79 Å². The van der Waals surface area contributed by atoms with Gasteiger partial charge in [0.05, 0.1) is 17.0 Å². The molecule has 1 spiro atoms. The number of halogens is 1. The van der Waals surface area contributed by atoms with Gasteiger partial charge in [0.25, 0.3) is 0 Å². The molecule has 2 aliphatic rings. The van der Waals surface area contributed by atoms with E-state index in [0.717, 1.165) is 63.2 Å². The van der Waals surface area contributed by atoms with E-state index in [4.69, 9.17) is 9.98 Å². The SMILES string of the molecule is CN1CCC2(CC1)N=C(SCC(=O)Cc1cnc3ccccc3c1)C(c1ccc(Br)cc1)=N2. The maximum absolute atomic E-state index is 12.8. The number of likely N-dealkylation sites (tertiary alicyclic amines) is 1. The summed E-state index contributed by atoms with van der Waals surface area (Å²) in [5, 5.41) is 1.94. The summed E-state index contributed by atoms with van der Waals surface area (Å²) in [6.45, 7) is 1.96. The predicted octanol–water partition coefficient (Wildman–Crippen LogP) is 5.17. The summed E-state index contributed by atoms with van der Waals surface area (Å²) < 4.78 is 1.03. The maximum atomic E-state index is 12.8. The number of hydrogen-bond acceptors (Lipinski definition) is 6. The Morgan fingerprint density at radius 2 is 1.85 bits per heavy atom. The van der Waals surface area contributed by atoms with Gasteiger partial charge in [0.2, 0.25) is 0 Å². The van der Waals surface area contributed by atoms with Crippen LogP contribution in [0.25, 0.3) is 10.9 Å². The van der Waals surface area contributed by atoms with E-state index in [1.165, 1.54) is 11.8 Å². The molecule has 5 rings (SSSR count). The molecule has 33 heavy (non-hydrogen) atoms. The van der Waals surface area contributed by atoms with Gasteiger partial charge in [-0.25, -0.2) is 4.99 Å². The maximum Gasteiger partial charge on any atom is 0.154 e. The highest BCUT2D eigenvalue weighted by molar-refractivity contribution is 9.10. The van der Waals surface area contributed by atoms with E-state index < -0.39 is 0 Å². The monoisotopic (exact) mass is 520 g/mol. The van der Waals surface area contributed by atoms with Crippen molar-refractivity contribution in [3.63, 3.8) is 0 Å². The highest BCUT2D eigenvalue weighted by atomic mass is 79.9. The van der Waals surface area contributed by atoms with Crippen molar-refractivity contribution >= 4 is 55.1 Å². The van der Waals surface area contributed by atoms with E-state index in [-0.39, 0.29) is 11.4 Å². The lowest BCUT2D eigenvalue weighted by Gasteiger charge is -2.33. The van der Waals surface area contributed by atoms with Crippen LogP contribution in [0, 0.1) is 0 Å². The standard InChI is InChI=1S/C26H25BrN4OS/c1-31-12-10-26(11-13-31)29-24(19-6-8-21(27)9-7-19)25(30-26)33-17-22(32)15-18-14-20-4-2-3-5-23(20)28-16-18/h2-9,14,16H,10-13,15,17H2,1H3. The minimum Gasteiger partial charge on any atom is -0.306 e. The summed E-state index contributed by atoms with van der Waals surface area (Å²) in [4.78, 5) is 29.9. The molecule has 7 heteroatoms. The van der Waals surface area contributed by atoms with Crippen LogP contribution in [-0.4, -0.2) is 58.0 Å². The molecule has 0 aliphatic carbocycles. The molecule has 2 aliphatic heterocycles. The number of Topliss-reactive ketones (excluding diaryl/α,β-unsaturated/α-hetero) is 1. The van der Waals surface area contributed by atoms with Gasteiger partial charge in [-0.3, -0.25) is 14.8 Å². The average Bonchev–Trinajstić information content (AvgIpc) is 3.18. The van der Waals surface area contributed by atoms with E-state index in [1.54, 1.807) is 6.20 Å². The number of nitrogens with zero attached hydrogens (tertiary/aromatic N) is 4. The molecule has 0 unspecified atom stereocenters. The molecule has 2 aromatic carbocycles. The van der Waals surface area contributed by atoms with E-state index in [9.17, 15) is 4.79 Å². The Labute approximate surface area is 206 Å². The van der Waals surface area contributed by atoms with E-state index in [1.807, 2.05) is 36.4 Å². The molecular weight excluding hydrogens is 496 g/mol. The molecule has 0 radical (unpaired) electrons. The van der Waals surface area contributed by atoms with E-state index >= 15 is 0 Å². The molecule has 1 fully saturated rings. The zero-order chi connectivity index (χ0) is 22.8. The Morgan fingerprint density at radius 1 is 1.09 bits per heavy atom. The number of carbonyl (C=O) groups excluding carboxylic acids is 1. The number of para-hydroxylation sites is 1. The van der Waals surface area contributed by atoms with Gasteiger partial charge < -0.3 is 4.90 Å². The second-order valence-corrected chi connectivity index (χ2v) is 10.6. The Kier molecular flexibility index (Phi) is 6.45. The summed E-state index contributed by atoms with van der Waals surface area (Å²) in [5.41, 5.74) is 3.47. The van der Waals surface area contributed by atoms with Crippen LogP contribution >= 0.6 is 27.7 Å². The van der Waals surface area contributed by atoms with Gasteiger partial charge in [0.15, 0.2) is 5.66 Å². The number of piperidine rings is 1. The Bertz CT molecular complexity index is 1250. The van der Waals surface area contributed by atoms with Crippen LogP contribution in [0.2, 0.25) is 0 Å². The third-order valence-corrected chi connectivity index (χ3v) is 7.71. The lowest BCUT2D eigenvalue weighted by atomic mass is 9.99. The van der Waals surface area contributed by atoms with Crippen molar-refractivity contribution in [2.24, 2.45) is 9.98 Å². The van der Waals surface area contributed by atoms with Crippen LogP contribution in [0.5, 0.6) is 0 Å². The summed E-state index contributed by atoms with van der Waals surface area (Å²) in [5.74, 6) is 0.538. The third kappa shape index (κ3) is 5.10. The number of carbonyl (C=O) groups is 1. The lowest BCUT2D eigenvalue weighted by Crippen LogP contribution is -2.39. The van der Waals surface area contributed by atoms with Crippen LogP contribution in [0.15, 0.2) is 75.3 Å². The van der Waals surface area contributed by atoms with E-state index in [0.29, 0.717) is 12.2 Å². The molecule has 3 heterocycles. The first-order valence-corrected chi connectivity index (χ1v) is 12.9. The molecule has 1 aromatic heterocycles. The number of rotatable bonds is 5. The van der Waals surface area contributed by atoms with Crippen molar-refractivity contribution in [1.29, 1.82) is 0 Å². The lowest BCUT2D eigenvalue weighted by molar-refractivity contribution is -0.115. The van der Waals surface area contributed by atoms with Crippen molar-refractivity contribution in [2.45, 2.75) is 24.9 Å². The fourth-order valence-corrected chi connectivity index (χ4v) is 5.46. The number of fused-ring (bicyclic) bond motifs is 1. The number of benzene rings is 2. The summed E-state index contributed by atoms with van der Waals surface area (Å²) in [6, 6.07) is 18.2. The van der Waals surface area contributed by atoms with Gasteiger partial charge in [-0.05, 0) is 36.9 Å². The van der Waals surface area contributed by atoms with Crippen molar-refractivity contribution in [2.75, 3.05) is 25.9 Å². The number of aromatic nitrogens is 1. The Hall–Kier alpha value is -2.35. The molecule has 0 bridgehead atoms. The number of thioether (sulfide) groups is 1. The van der Waals surface area contributed by atoms with Crippen LogP contribution < -0.4 is 0 Å². The van der Waals surface area contributed by atoms with Gasteiger partial charge >= 0.3 is 0 Å². The molecule has 5 nitrogen and oxygen atoms in total. The van der Waals surface area contributed by atoms with Crippen LogP contribution in [0.4, 0.5) is 0 Å².